The Balaban J connectivity index is 1.46. The van der Waals surface area contributed by atoms with Gasteiger partial charge in [-0.25, -0.2) is 4.98 Å². The van der Waals surface area contributed by atoms with Crippen LogP contribution in [0, 0.1) is 0 Å². The van der Waals surface area contributed by atoms with Crippen LogP contribution in [0.1, 0.15) is 9.67 Å². The highest BCUT2D eigenvalue weighted by molar-refractivity contribution is 7.21. The predicted molar refractivity (Wildman–Crippen MR) is 112 cm³/mol. The molecule has 0 fully saturated rings. The number of thiophene rings is 1. The van der Waals surface area contributed by atoms with Crippen molar-refractivity contribution in [3.8, 4) is 11.5 Å². The van der Waals surface area contributed by atoms with Crippen LogP contribution in [0.3, 0.4) is 0 Å². The molecule has 0 aliphatic carbocycles. The van der Waals surface area contributed by atoms with Crippen LogP contribution in [0.25, 0.3) is 32.6 Å². The summed E-state index contributed by atoms with van der Waals surface area (Å²) in [5, 5.41) is 4.26. The largest absolute Gasteiger partial charge is 0.436 e. The Morgan fingerprint density at radius 3 is 2.86 bits per heavy atom. The van der Waals surface area contributed by atoms with Crippen molar-refractivity contribution in [3.63, 3.8) is 0 Å². The van der Waals surface area contributed by atoms with Crippen LogP contribution in [-0.4, -0.2) is 15.9 Å². The van der Waals surface area contributed by atoms with Crippen molar-refractivity contribution in [3.05, 3.63) is 76.9 Å². The van der Waals surface area contributed by atoms with Crippen molar-refractivity contribution in [2.75, 3.05) is 5.32 Å². The second-order valence-corrected chi connectivity index (χ2v) is 7.57. The van der Waals surface area contributed by atoms with Gasteiger partial charge in [-0.1, -0.05) is 35.9 Å². The summed E-state index contributed by atoms with van der Waals surface area (Å²) in [6.45, 7) is 0. The molecule has 136 valence electrons. The molecule has 0 unspecified atom stereocenters. The molecule has 0 bridgehead atoms. The van der Waals surface area contributed by atoms with Gasteiger partial charge in [0.05, 0.1) is 11.2 Å². The van der Waals surface area contributed by atoms with E-state index in [-0.39, 0.29) is 5.91 Å². The van der Waals surface area contributed by atoms with Crippen LogP contribution in [-0.2, 0) is 0 Å². The summed E-state index contributed by atoms with van der Waals surface area (Å²) < 4.78 is 6.75. The fraction of sp³-hybridized carbons (Fsp3) is 0. The van der Waals surface area contributed by atoms with Crippen molar-refractivity contribution in [2.45, 2.75) is 0 Å². The Morgan fingerprint density at radius 1 is 1.11 bits per heavy atom. The topological polar surface area (TPSA) is 68.0 Å². The Bertz CT molecular complexity index is 1310. The number of anilines is 1. The quantitative estimate of drug-likeness (QED) is 0.399. The normalized spacial score (nSPS) is 11.2. The van der Waals surface area contributed by atoms with Crippen LogP contribution in [0.2, 0.25) is 5.02 Å². The molecular weight excluding hydrogens is 394 g/mol. The zero-order chi connectivity index (χ0) is 19.1. The summed E-state index contributed by atoms with van der Waals surface area (Å²) in [6, 6.07) is 16.8. The zero-order valence-corrected chi connectivity index (χ0v) is 15.9. The molecule has 3 heterocycles. The van der Waals surface area contributed by atoms with Crippen LogP contribution in [0.15, 0.2) is 71.4 Å². The van der Waals surface area contributed by atoms with E-state index in [0.717, 1.165) is 15.6 Å². The average molecular weight is 406 g/mol. The standard InChI is InChI=1S/C21H12ClN3O2S/c22-18-14-6-1-2-7-17(14)28-19(18)20(26)24-13-5-3-4-12(10-13)21-25-15-11-23-9-8-16(15)27-21/h1-11H,(H,24,26). The van der Waals surface area contributed by atoms with E-state index in [1.54, 1.807) is 18.5 Å². The highest BCUT2D eigenvalue weighted by Gasteiger charge is 2.17. The van der Waals surface area contributed by atoms with Gasteiger partial charge in [-0.05, 0) is 24.3 Å². The predicted octanol–water partition coefficient (Wildman–Crippen LogP) is 6.01. The summed E-state index contributed by atoms with van der Waals surface area (Å²) in [7, 11) is 0. The molecular formula is C21H12ClN3O2S. The lowest BCUT2D eigenvalue weighted by atomic mass is 10.2. The first-order chi connectivity index (χ1) is 13.7. The number of rotatable bonds is 3. The molecule has 0 aliphatic rings. The minimum absolute atomic E-state index is 0.245. The number of hydrogen-bond acceptors (Lipinski definition) is 5. The number of nitrogens with one attached hydrogen (secondary N) is 1. The summed E-state index contributed by atoms with van der Waals surface area (Å²) in [5.74, 6) is 0.226. The van der Waals surface area contributed by atoms with Crippen molar-refractivity contribution in [1.29, 1.82) is 0 Å². The van der Waals surface area contributed by atoms with E-state index in [0.29, 0.717) is 32.6 Å². The van der Waals surface area contributed by atoms with Crippen molar-refractivity contribution < 1.29 is 9.21 Å². The number of halogens is 1. The highest BCUT2D eigenvalue weighted by atomic mass is 35.5. The fourth-order valence-electron chi connectivity index (χ4n) is 2.98. The molecule has 5 aromatic rings. The maximum Gasteiger partial charge on any atom is 0.267 e. The molecule has 0 radical (unpaired) electrons. The maximum absolute atomic E-state index is 12.8. The Labute approximate surface area is 168 Å². The zero-order valence-electron chi connectivity index (χ0n) is 14.3. The summed E-state index contributed by atoms with van der Waals surface area (Å²) in [5.41, 5.74) is 2.74. The summed E-state index contributed by atoms with van der Waals surface area (Å²) in [6.07, 6.45) is 3.31. The second-order valence-electron chi connectivity index (χ2n) is 6.14. The Hall–Kier alpha value is -3.22. The molecule has 1 amide bonds. The van der Waals surface area contributed by atoms with E-state index in [9.17, 15) is 4.79 Å². The molecule has 0 aliphatic heterocycles. The molecule has 5 nitrogen and oxygen atoms in total. The van der Waals surface area contributed by atoms with Gasteiger partial charge in [-0.3, -0.25) is 9.78 Å². The number of carbonyl (C=O) groups is 1. The number of fused-ring (bicyclic) bond motifs is 2. The van der Waals surface area contributed by atoms with E-state index in [4.69, 9.17) is 16.0 Å². The number of benzene rings is 2. The summed E-state index contributed by atoms with van der Waals surface area (Å²) >= 11 is 7.78. The third-order valence-electron chi connectivity index (χ3n) is 4.30. The van der Waals surface area contributed by atoms with Gasteiger partial charge >= 0.3 is 0 Å². The second kappa shape index (κ2) is 6.74. The number of aromatic nitrogens is 2. The smallest absolute Gasteiger partial charge is 0.267 e. The molecule has 7 heteroatoms. The van der Waals surface area contributed by atoms with E-state index in [2.05, 4.69) is 15.3 Å². The van der Waals surface area contributed by atoms with Crippen molar-refractivity contribution >= 4 is 55.7 Å². The molecule has 3 aromatic heterocycles. The van der Waals surface area contributed by atoms with Crippen LogP contribution >= 0.6 is 22.9 Å². The first-order valence-corrected chi connectivity index (χ1v) is 9.68. The molecule has 0 saturated carbocycles. The number of pyridine rings is 1. The number of hydrogen-bond donors (Lipinski definition) is 1. The van der Waals surface area contributed by atoms with Gasteiger partial charge in [0, 0.05) is 33.6 Å². The van der Waals surface area contributed by atoms with E-state index < -0.39 is 0 Å². The minimum atomic E-state index is -0.245. The average Bonchev–Trinajstić information content (AvgIpc) is 3.30. The first-order valence-electron chi connectivity index (χ1n) is 8.48. The van der Waals surface area contributed by atoms with Gasteiger partial charge in [0.1, 0.15) is 10.4 Å². The van der Waals surface area contributed by atoms with Crippen molar-refractivity contribution in [1.82, 2.24) is 9.97 Å². The van der Waals surface area contributed by atoms with Gasteiger partial charge in [-0.15, -0.1) is 11.3 Å². The fourth-order valence-corrected chi connectivity index (χ4v) is 4.39. The molecule has 0 atom stereocenters. The molecule has 5 rings (SSSR count). The third kappa shape index (κ3) is 2.93. The van der Waals surface area contributed by atoms with Gasteiger partial charge in [-0.2, -0.15) is 0 Å². The highest BCUT2D eigenvalue weighted by Crippen LogP contribution is 2.35. The van der Waals surface area contributed by atoms with Gasteiger partial charge in [0.15, 0.2) is 5.58 Å². The third-order valence-corrected chi connectivity index (χ3v) is 5.97. The van der Waals surface area contributed by atoms with Crippen LogP contribution < -0.4 is 5.32 Å². The Kier molecular flexibility index (Phi) is 4.07. The minimum Gasteiger partial charge on any atom is -0.436 e. The Morgan fingerprint density at radius 2 is 2.00 bits per heavy atom. The number of amides is 1. The van der Waals surface area contributed by atoms with Gasteiger partial charge in [0.2, 0.25) is 5.89 Å². The number of carbonyl (C=O) groups excluding carboxylic acids is 1. The molecule has 1 N–H and O–H groups in total. The maximum atomic E-state index is 12.8. The molecule has 28 heavy (non-hydrogen) atoms. The lowest BCUT2D eigenvalue weighted by molar-refractivity contribution is 0.103. The van der Waals surface area contributed by atoms with Crippen LogP contribution in [0.4, 0.5) is 5.69 Å². The number of nitrogens with zero attached hydrogens (tertiary/aromatic N) is 2. The first kappa shape index (κ1) is 16.9. The molecule has 0 spiro atoms. The summed E-state index contributed by atoms with van der Waals surface area (Å²) in [4.78, 5) is 21.7. The number of oxazole rings is 1. The monoisotopic (exact) mass is 405 g/mol. The molecule has 0 saturated heterocycles. The van der Waals surface area contributed by atoms with Gasteiger partial charge < -0.3 is 9.73 Å². The lowest BCUT2D eigenvalue weighted by Gasteiger charge is -2.05. The van der Waals surface area contributed by atoms with E-state index in [1.165, 1.54) is 11.3 Å². The van der Waals surface area contributed by atoms with E-state index in [1.807, 2.05) is 48.5 Å². The molecule has 2 aromatic carbocycles. The van der Waals surface area contributed by atoms with Crippen molar-refractivity contribution in [2.24, 2.45) is 0 Å². The lowest BCUT2D eigenvalue weighted by Crippen LogP contribution is -2.10. The van der Waals surface area contributed by atoms with Crippen LogP contribution in [0.5, 0.6) is 0 Å². The van der Waals surface area contributed by atoms with Gasteiger partial charge in [0.25, 0.3) is 5.91 Å². The van der Waals surface area contributed by atoms with E-state index >= 15 is 0 Å². The SMILES string of the molecule is O=C(Nc1cccc(-c2nc3cnccc3o2)c1)c1sc2ccccc2c1Cl.